The molecule has 0 spiro atoms. The Hall–Kier alpha value is -2.83. The minimum atomic E-state index is -0.352. The standard InChI is InChI=1S/C13H15N5O2/c1-2-20-12(19)8-3-5-9(6-4-8)16-11-7-10(14)17-13(15)18-11/h3-7H,2H2,1H3,(H5,14,15,16,17,18). The number of aromatic nitrogens is 2. The van der Waals surface area contributed by atoms with Crippen LogP contribution in [0.15, 0.2) is 30.3 Å². The predicted octanol–water partition coefficient (Wildman–Crippen LogP) is 1.56. The Morgan fingerprint density at radius 3 is 2.55 bits per heavy atom. The molecule has 1 aromatic carbocycles. The molecule has 0 atom stereocenters. The second kappa shape index (κ2) is 5.87. The number of nitrogen functional groups attached to an aromatic ring is 2. The SMILES string of the molecule is CCOC(=O)c1ccc(Nc2cc(N)nc(N)n2)cc1. The number of nitrogens with one attached hydrogen (secondary N) is 1. The maximum atomic E-state index is 11.5. The monoisotopic (exact) mass is 273 g/mol. The summed E-state index contributed by atoms with van der Waals surface area (Å²) in [6.07, 6.45) is 0. The molecule has 1 heterocycles. The van der Waals surface area contributed by atoms with Gasteiger partial charge in [0, 0.05) is 11.8 Å². The summed E-state index contributed by atoms with van der Waals surface area (Å²) in [5.74, 6) is 0.507. The van der Waals surface area contributed by atoms with Crippen molar-refractivity contribution >= 4 is 29.2 Å². The third kappa shape index (κ3) is 3.35. The molecule has 7 nitrogen and oxygen atoms in total. The van der Waals surface area contributed by atoms with Crippen LogP contribution in [-0.4, -0.2) is 22.5 Å². The molecule has 1 aromatic heterocycles. The van der Waals surface area contributed by atoms with Crippen molar-refractivity contribution in [2.45, 2.75) is 6.92 Å². The summed E-state index contributed by atoms with van der Waals surface area (Å²) in [5, 5.41) is 3.02. The largest absolute Gasteiger partial charge is 0.462 e. The lowest BCUT2D eigenvalue weighted by atomic mass is 10.2. The van der Waals surface area contributed by atoms with E-state index in [2.05, 4.69) is 15.3 Å². The number of carbonyl (C=O) groups is 1. The number of nitrogens with zero attached hydrogens (tertiary/aromatic N) is 2. The molecule has 0 aliphatic carbocycles. The molecule has 0 radical (unpaired) electrons. The van der Waals surface area contributed by atoms with Gasteiger partial charge < -0.3 is 21.5 Å². The molecule has 0 aliphatic rings. The van der Waals surface area contributed by atoms with Crippen molar-refractivity contribution in [3.63, 3.8) is 0 Å². The Morgan fingerprint density at radius 1 is 1.25 bits per heavy atom. The Kier molecular flexibility index (Phi) is 3.99. The first-order chi connectivity index (χ1) is 9.58. The topological polar surface area (TPSA) is 116 Å². The quantitative estimate of drug-likeness (QED) is 0.724. The van der Waals surface area contributed by atoms with Crippen molar-refractivity contribution in [1.29, 1.82) is 0 Å². The fraction of sp³-hybridized carbons (Fsp3) is 0.154. The van der Waals surface area contributed by atoms with Crippen molar-refractivity contribution in [1.82, 2.24) is 9.97 Å². The second-order valence-electron chi connectivity index (χ2n) is 3.96. The smallest absolute Gasteiger partial charge is 0.338 e. The molecular weight excluding hydrogens is 258 g/mol. The van der Waals surface area contributed by atoms with Crippen LogP contribution >= 0.6 is 0 Å². The number of esters is 1. The number of hydrogen-bond donors (Lipinski definition) is 3. The maximum absolute atomic E-state index is 11.5. The summed E-state index contributed by atoms with van der Waals surface area (Å²) in [7, 11) is 0. The highest BCUT2D eigenvalue weighted by molar-refractivity contribution is 5.89. The van der Waals surface area contributed by atoms with Crippen LogP contribution in [0.25, 0.3) is 0 Å². The van der Waals surface area contributed by atoms with Crippen molar-refractivity contribution < 1.29 is 9.53 Å². The normalized spacial score (nSPS) is 10.1. The molecule has 7 heteroatoms. The van der Waals surface area contributed by atoms with E-state index in [-0.39, 0.29) is 17.7 Å². The van der Waals surface area contributed by atoms with Crippen LogP contribution in [-0.2, 0) is 4.74 Å². The fourth-order valence-corrected chi connectivity index (χ4v) is 1.60. The molecule has 20 heavy (non-hydrogen) atoms. The molecule has 0 fully saturated rings. The van der Waals surface area contributed by atoms with E-state index < -0.39 is 0 Å². The number of hydrogen-bond acceptors (Lipinski definition) is 7. The first-order valence-electron chi connectivity index (χ1n) is 6.02. The van der Waals surface area contributed by atoms with Crippen LogP contribution in [0.2, 0.25) is 0 Å². The van der Waals surface area contributed by atoms with E-state index in [0.29, 0.717) is 18.0 Å². The van der Waals surface area contributed by atoms with Crippen LogP contribution in [0.4, 0.5) is 23.3 Å². The van der Waals surface area contributed by atoms with Gasteiger partial charge in [-0.3, -0.25) is 0 Å². The average molecular weight is 273 g/mol. The second-order valence-corrected chi connectivity index (χ2v) is 3.96. The zero-order valence-electron chi connectivity index (χ0n) is 11.0. The summed E-state index contributed by atoms with van der Waals surface area (Å²) in [6.45, 7) is 2.11. The average Bonchev–Trinajstić information content (AvgIpc) is 2.38. The van der Waals surface area contributed by atoms with Crippen molar-refractivity contribution in [3.8, 4) is 0 Å². The Morgan fingerprint density at radius 2 is 1.95 bits per heavy atom. The highest BCUT2D eigenvalue weighted by atomic mass is 16.5. The minimum Gasteiger partial charge on any atom is -0.462 e. The van der Waals surface area contributed by atoms with Crippen LogP contribution in [0.3, 0.4) is 0 Å². The van der Waals surface area contributed by atoms with Gasteiger partial charge in [-0.05, 0) is 31.2 Å². The van der Waals surface area contributed by atoms with Crippen LogP contribution in [0, 0.1) is 0 Å². The van der Waals surface area contributed by atoms with E-state index in [1.807, 2.05) is 0 Å². The van der Waals surface area contributed by atoms with Gasteiger partial charge in [0.05, 0.1) is 12.2 Å². The predicted molar refractivity (Wildman–Crippen MR) is 76.5 cm³/mol. The third-order valence-electron chi connectivity index (χ3n) is 2.43. The first kappa shape index (κ1) is 13.6. The lowest BCUT2D eigenvalue weighted by Gasteiger charge is -2.07. The number of anilines is 4. The summed E-state index contributed by atoms with van der Waals surface area (Å²) in [6, 6.07) is 8.36. The first-order valence-corrected chi connectivity index (χ1v) is 6.02. The zero-order chi connectivity index (χ0) is 14.5. The molecule has 104 valence electrons. The molecule has 0 saturated carbocycles. The molecule has 5 N–H and O–H groups in total. The van der Waals surface area contributed by atoms with Gasteiger partial charge in [-0.2, -0.15) is 9.97 Å². The number of rotatable bonds is 4. The van der Waals surface area contributed by atoms with E-state index in [0.717, 1.165) is 5.69 Å². The molecule has 2 rings (SSSR count). The van der Waals surface area contributed by atoms with Crippen LogP contribution < -0.4 is 16.8 Å². The molecule has 0 amide bonds. The van der Waals surface area contributed by atoms with Gasteiger partial charge in [0.2, 0.25) is 5.95 Å². The number of nitrogens with two attached hydrogens (primary N) is 2. The van der Waals surface area contributed by atoms with E-state index in [1.54, 1.807) is 37.3 Å². The van der Waals surface area contributed by atoms with Crippen molar-refractivity contribution in [3.05, 3.63) is 35.9 Å². The van der Waals surface area contributed by atoms with E-state index >= 15 is 0 Å². The number of carbonyl (C=O) groups excluding carboxylic acids is 1. The molecule has 0 aliphatic heterocycles. The summed E-state index contributed by atoms with van der Waals surface area (Å²) < 4.78 is 4.90. The maximum Gasteiger partial charge on any atom is 0.338 e. The minimum absolute atomic E-state index is 0.0932. The lowest BCUT2D eigenvalue weighted by Crippen LogP contribution is -2.05. The highest BCUT2D eigenvalue weighted by Gasteiger charge is 2.06. The zero-order valence-corrected chi connectivity index (χ0v) is 11.0. The van der Waals surface area contributed by atoms with Gasteiger partial charge in [-0.15, -0.1) is 0 Å². The van der Waals surface area contributed by atoms with E-state index in [9.17, 15) is 4.79 Å². The van der Waals surface area contributed by atoms with Crippen LogP contribution in [0.1, 0.15) is 17.3 Å². The highest BCUT2D eigenvalue weighted by Crippen LogP contribution is 2.17. The summed E-state index contributed by atoms with van der Waals surface area (Å²) in [4.78, 5) is 19.3. The molecule has 0 saturated heterocycles. The fourth-order valence-electron chi connectivity index (χ4n) is 1.60. The van der Waals surface area contributed by atoms with Gasteiger partial charge in [0.15, 0.2) is 0 Å². The van der Waals surface area contributed by atoms with Gasteiger partial charge in [0.25, 0.3) is 0 Å². The molecule has 0 bridgehead atoms. The number of ether oxygens (including phenoxy) is 1. The molecular formula is C13H15N5O2. The molecule has 2 aromatic rings. The third-order valence-corrected chi connectivity index (χ3v) is 2.43. The van der Waals surface area contributed by atoms with Crippen molar-refractivity contribution in [2.75, 3.05) is 23.4 Å². The van der Waals surface area contributed by atoms with Crippen LogP contribution in [0.5, 0.6) is 0 Å². The Balaban J connectivity index is 2.12. The lowest BCUT2D eigenvalue weighted by molar-refractivity contribution is 0.0526. The van der Waals surface area contributed by atoms with Gasteiger partial charge in [0.1, 0.15) is 11.6 Å². The summed E-state index contributed by atoms with van der Waals surface area (Å²) >= 11 is 0. The van der Waals surface area contributed by atoms with Gasteiger partial charge in [-0.25, -0.2) is 4.79 Å². The van der Waals surface area contributed by atoms with E-state index in [4.69, 9.17) is 16.2 Å². The van der Waals surface area contributed by atoms with Gasteiger partial charge in [-0.1, -0.05) is 0 Å². The Labute approximate surface area is 116 Å². The molecule has 0 unspecified atom stereocenters. The van der Waals surface area contributed by atoms with Crippen molar-refractivity contribution in [2.24, 2.45) is 0 Å². The van der Waals surface area contributed by atoms with Gasteiger partial charge >= 0.3 is 5.97 Å². The Bertz CT molecular complexity index is 592. The number of benzene rings is 1. The summed E-state index contributed by atoms with van der Waals surface area (Å²) in [5.41, 5.74) is 12.3. The van der Waals surface area contributed by atoms with E-state index in [1.165, 1.54) is 0 Å².